The molecule has 0 atom stereocenters. The fourth-order valence-corrected chi connectivity index (χ4v) is 6.67. The Morgan fingerprint density at radius 2 is 1.67 bits per heavy atom. The van der Waals surface area contributed by atoms with Gasteiger partial charge in [0.25, 0.3) is 0 Å². The van der Waals surface area contributed by atoms with Crippen LogP contribution in [0.25, 0.3) is 11.3 Å². The molecule has 2 heterocycles. The van der Waals surface area contributed by atoms with Crippen LogP contribution < -0.4 is 0 Å². The number of fused-ring (bicyclic) bond motifs is 1. The van der Waals surface area contributed by atoms with Gasteiger partial charge < -0.3 is 4.90 Å². The Morgan fingerprint density at radius 3 is 2.36 bits per heavy atom. The summed E-state index contributed by atoms with van der Waals surface area (Å²) in [4.78, 5) is 19.6. The van der Waals surface area contributed by atoms with Gasteiger partial charge in [0.15, 0.2) is 11.6 Å². The SMILES string of the molecule is CC1(C)CCC(C)(C)c2cc(-c3csc(C4CCN(C(=O)Cc5ccc(F)c(F)c5)CC4)n3)ccc21. The molecule has 0 N–H and O–H groups in total. The minimum absolute atomic E-state index is 0.0427. The number of hydrogen-bond acceptors (Lipinski definition) is 3. The lowest BCUT2D eigenvalue weighted by Crippen LogP contribution is -2.38. The third-order valence-electron chi connectivity index (χ3n) is 8.21. The summed E-state index contributed by atoms with van der Waals surface area (Å²) in [5.41, 5.74) is 5.99. The van der Waals surface area contributed by atoms with E-state index in [1.54, 1.807) is 11.3 Å². The number of halogens is 2. The van der Waals surface area contributed by atoms with E-state index < -0.39 is 11.6 Å². The first kappa shape index (κ1) is 25.1. The molecule has 5 rings (SSSR count). The third-order valence-corrected chi connectivity index (χ3v) is 9.21. The minimum atomic E-state index is -0.912. The number of carbonyl (C=O) groups excluding carboxylic acids is 1. The van der Waals surface area contributed by atoms with Crippen LogP contribution in [0.4, 0.5) is 8.78 Å². The van der Waals surface area contributed by atoms with Crippen molar-refractivity contribution in [3.8, 4) is 11.3 Å². The van der Waals surface area contributed by atoms with Gasteiger partial charge in [0.2, 0.25) is 5.91 Å². The third kappa shape index (κ3) is 4.84. The lowest BCUT2D eigenvalue weighted by Gasteiger charge is -2.42. The maximum absolute atomic E-state index is 13.5. The number of hydrogen-bond donors (Lipinski definition) is 0. The molecule has 36 heavy (non-hydrogen) atoms. The summed E-state index contributed by atoms with van der Waals surface area (Å²) in [6, 6.07) is 10.5. The highest BCUT2D eigenvalue weighted by Crippen LogP contribution is 2.47. The first-order chi connectivity index (χ1) is 17.0. The number of piperidine rings is 1. The first-order valence-corrected chi connectivity index (χ1v) is 13.7. The molecule has 1 amide bonds. The quantitative estimate of drug-likeness (QED) is 0.368. The lowest BCUT2D eigenvalue weighted by atomic mass is 9.63. The Morgan fingerprint density at radius 1 is 0.972 bits per heavy atom. The zero-order valence-corrected chi connectivity index (χ0v) is 22.4. The van der Waals surface area contributed by atoms with Gasteiger partial charge in [-0.15, -0.1) is 11.3 Å². The molecular weight excluding hydrogens is 474 g/mol. The summed E-state index contributed by atoms with van der Waals surface area (Å²) < 4.78 is 26.7. The molecule has 6 heteroatoms. The van der Waals surface area contributed by atoms with Gasteiger partial charge in [-0.05, 0) is 71.4 Å². The Labute approximate surface area is 216 Å². The van der Waals surface area contributed by atoms with E-state index in [1.807, 2.05) is 4.90 Å². The van der Waals surface area contributed by atoms with Crippen molar-refractivity contribution in [3.05, 3.63) is 75.1 Å². The van der Waals surface area contributed by atoms with Crippen molar-refractivity contribution in [2.45, 2.75) is 76.5 Å². The monoisotopic (exact) mass is 508 g/mol. The normalized spacial score (nSPS) is 19.2. The Balaban J connectivity index is 1.25. The number of amides is 1. The van der Waals surface area contributed by atoms with Gasteiger partial charge in [-0.3, -0.25) is 4.79 Å². The van der Waals surface area contributed by atoms with Crippen molar-refractivity contribution < 1.29 is 13.6 Å². The van der Waals surface area contributed by atoms with E-state index in [2.05, 4.69) is 51.3 Å². The van der Waals surface area contributed by atoms with Gasteiger partial charge in [-0.25, -0.2) is 13.8 Å². The molecule has 1 aliphatic carbocycles. The number of benzene rings is 2. The van der Waals surface area contributed by atoms with Crippen molar-refractivity contribution in [1.29, 1.82) is 0 Å². The molecule has 2 aromatic carbocycles. The number of rotatable bonds is 4. The lowest BCUT2D eigenvalue weighted by molar-refractivity contribution is -0.131. The van der Waals surface area contributed by atoms with Crippen molar-refractivity contribution in [1.82, 2.24) is 9.88 Å². The van der Waals surface area contributed by atoms with Gasteiger partial charge in [-0.2, -0.15) is 0 Å². The standard InChI is InChI=1S/C30H34F2N2OS/c1-29(2)11-12-30(3,4)23-17-21(6-7-22(23)29)26-18-36-28(33-26)20-9-13-34(14-10-20)27(35)16-19-5-8-24(31)25(32)15-19/h5-8,15,17-18,20H,9-14,16H2,1-4H3. The number of likely N-dealkylation sites (tertiary alicyclic amines) is 1. The summed E-state index contributed by atoms with van der Waals surface area (Å²) >= 11 is 1.71. The average Bonchev–Trinajstić information content (AvgIpc) is 3.35. The largest absolute Gasteiger partial charge is 0.342 e. The van der Waals surface area contributed by atoms with E-state index in [1.165, 1.54) is 35.6 Å². The van der Waals surface area contributed by atoms with E-state index >= 15 is 0 Å². The molecule has 3 aromatic rings. The van der Waals surface area contributed by atoms with Crippen LogP contribution in [0.2, 0.25) is 0 Å². The van der Waals surface area contributed by atoms with Crippen LogP contribution in [0.5, 0.6) is 0 Å². The van der Waals surface area contributed by atoms with Crippen LogP contribution in [-0.2, 0) is 22.0 Å². The predicted molar refractivity (Wildman–Crippen MR) is 141 cm³/mol. The van der Waals surface area contributed by atoms with E-state index in [0.717, 1.165) is 35.7 Å². The van der Waals surface area contributed by atoms with Crippen LogP contribution >= 0.6 is 11.3 Å². The highest BCUT2D eigenvalue weighted by atomic mass is 32.1. The number of nitrogens with zero attached hydrogens (tertiary/aromatic N) is 2. The molecule has 0 unspecified atom stereocenters. The fraction of sp³-hybridized carbons (Fsp3) is 0.467. The zero-order chi connectivity index (χ0) is 25.7. The second-order valence-electron chi connectivity index (χ2n) is 11.7. The van der Waals surface area contributed by atoms with Gasteiger partial charge >= 0.3 is 0 Å². The molecule has 1 fully saturated rings. The van der Waals surface area contributed by atoms with Crippen molar-refractivity contribution >= 4 is 17.2 Å². The molecule has 1 aromatic heterocycles. The molecule has 1 aliphatic heterocycles. The zero-order valence-electron chi connectivity index (χ0n) is 21.5. The summed E-state index contributed by atoms with van der Waals surface area (Å²) in [7, 11) is 0. The van der Waals surface area contributed by atoms with Crippen LogP contribution in [0.15, 0.2) is 41.8 Å². The van der Waals surface area contributed by atoms with E-state index in [0.29, 0.717) is 24.6 Å². The molecular formula is C30H34F2N2OS. The summed E-state index contributed by atoms with van der Waals surface area (Å²) in [5, 5.41) is 3.30. The second-order valence-corrected chi connectivity index (χ2v) is 12.6. The van der Waals surface area contributed by atoms with Gasteiger partial charge in [0.05, 0.1) is 17.1 Å². The number of carbonyl (C=O) groups is 1. The van der Waals surface area contributed by atoms with Crippen LogP contribution in [0.1, 0.15) is 81.0 Å². The van der Waals surface area contributed by atoms with Gasteiger partial charge in [-0.1, -0.05) is 45.9 Å². The highest BCUT2D eigenvalue weighted by molar-refractivity contribution is 7.10. The van der Waals surface area contributed by atoms with Crippen molar-refractivity contribution in [3.63, 3.8) is 0 Å². The molecule has 0 saturated carbocycles. The molecule has 2 aliphatic rings. The second kappa shape index (κ2) is 9.37. The molecule has 0 radical (unpaired) electrons. The van der Waals surface area contributed by atoms with E-state index in [4.69, 9.17) is 4.98 Å². The number of aromatic nitrogens is 1. The average molecular weight is 509 g/mol. The van der Waals surface area contributed by atoms with Crippen LogP contribution in [-0.4, -0.2) is 28.9 Å². The summed E-state index contributed by atoms with van der Waals surface area (Å²) in [6.07, 6.45) is 4.21. The Kier molecular flexibility index (Phi) is 6.52. The van der Waals surface area contributed by atoms with E-state index in [9.17, 15) is 13.6 Å². The van der Waals surface area contributed by atoms with Gasteiger partial charge in [0, 0.05) is 30.0 Å². The first-order valence-electron chi connectivity index (χ1n) is 12.9. The molecule has 190 valence electrons. The highest BCUT2D eigenvalue weighted by Gasteiger charge is 2.37. The Hall–Kier alpha value is -2.60. The maximum Gasteiger partial charge on any atom is 0.226 e. The molecule has 1 saturated heterocycles. The van der Waals surface area contributed by atoms with E-state index in [-0.39, 0.29) is 23.2 Å². The van der Waals surface area contributed by atoms with Gasteiger partial charge in [0.1, 0.15) is 0 Å². The summed E-state index contributed by atoms with van der Waals surface area (Å²) in [6.45, 7) is 10.7. The smallest absolute Gasteiger partial charge is 0.226 e. The number of thiazole rings is 1. The van der Waals surface area contributed by atoms with Crippen molar-refractivity contribution in [2.24, 2.45) is 0 Å². The summed E-state index contributed by atoms with van der Waals surface area (Å²) in [5.74, 6) is -1.51. The topological polar surface area (TPSA) is 33.2 Å². The van der Waals surface area contributed by atoms with Crippen LogP contribution in [0.3, 0.4) is 0 Å². The molecule has 0 spiro atoms. The fourth-order valence-electron chi connectivity index (χ4n) is 5.67. The molecule has 0 bridgehead atoms. The Bertz CT molecular complexity index is 1290. The van der Waals surface area contributed by atoms with Crippen LogP contribution in [0, 0.1) is 11.6 Å². The maximum atomic E-state index is 13.5. The van der Waals surface area contributed by atoms with Crippen molar-refractivity contribution in [2.75, 3.05) is 13.1 Å². The predicted octanol–water partition coefficient (Wildman–Crippen LogP) is 7.39. The minimum Gasteiger partial charge on any atom is -0.342 e. The molecule has 3 nitrogen and oxygen atoms in total.